The molecule has 110 valence electrons. The largest absolute Gasteiger partial charge is 0.351 e. The zero-order valence-corrected chi connectivity index (χ0v) is 12.7. The molecule has 0 aliphatic rings. The Bertz CT molecular complexity index is 608. The van der Waals surface area contributed by atoms with Crippen molar-refractivity contribution in [2.75, 3.05) is 11.9 Å². The molecule has 2 rings (SSSR count). The van der Waals surface area contributed by atoms with Gasteiger partial charge in [-0.2, -0.15) is 0 Å². The lowest BCUT2D eigenvalue weighted by atomic mass is 10.2. The molecule has 0 radical (unpaired) electrons. The first-order chi connectivity index (χ1) is 10.1. The molecule has 0 unspecified atom stereocenters. The molecule has 0 aliphatic carbocycles. The summed E-state index contributed by atoms with van der Waals surface area (Å²) in [5.74, 6) is -0.116. The van der Waals surface area contributed by atoms with Crippen LogP contribution in [0.25, 0.3) is 0 Å². The van der Waals surface area contributed by atoms with Crippen LogP contribution in [0.3, 0.4) is 0 Å². The molecule has 5 heteroatoms. The summed E-state index contributed by atoms with van der Waals surface area (Å²) in [5.41, 5.74) is 1.92. The molecule has 0 spiro atoms. The van der Waals surface area contributed by atoms with Crippen LogP contribution in [-0.2, 0) is 4.79 Å². The summed E-state index contributed by atoms with van der Waals surface area (Å²) in [5, 5.41) is 7.52. The summed E-state index contributed by atoms with van der Waals surface area (Å²) in [6.45, 7) is 2.48. The predicted molar refractivity (Wildman–Crippen MR) is 85.7 cm³/mol. The van der Waals surface area contributed by atoms with E-state index >= 15 is 0 Å². The molecule has 2 aromatic rings. The molecule has 1 aromatic carbocycles. The number of rotatable bonds is 6. The smallest absolute Gasteiger partial charge is 0.261 e. The van der Waals surface area contributed by atoms with E-state index < -0.39 is 0 Å². The first-order valence-electron chi connectivity index (χ1n) is 6.83. The number of benzene rings is 1. The second kappa shape index (κ2) is 7.59. The van der Waals surface area contributed by atoms with E-state index in [0.29, 0.717) is 24.3 Å². The highest BCUT2D eigenvalue weighted by Crippen LogP contribution is 2.10. The molecule has 0 saturated heterocycles. The van der Waals surface area contributed by atoms with Gasteiger partial charge in [-0.05, 0) is 42.5 Å². The van der Waals surface area contributed by atoms with Gasteiger partial charge in [-0.25, -0.2) is 0 Å². The summed E-state index contributed by atoms with van der Waals surface area (Å²) in [6, 6.07) is 11.3. The van der Waals surface area contributed by atoms with Crippen LogP contribution in [0, 0.1) is 6.92 Å². The predicted octanol–water partition coefficient (Wildman–Crippen LogP) is 3.21. The van der Waals surface area contributed by atoms with Crippen molar-refractivity contribution in [1.29, 1.82) is 0 Å². The number of carbonyl (C=O) groups excluding carboxylic acids is 2. The molecule has 0 aliphatic heterocycles. The number of carbonyl (C=O) groups is 2. The SMILES string of the molecule is Cc1cccc(NC(=O)CCCNC(=O)c2cccs2)c1. The maximum Gasteiger partial charge on any atom is 0.261 e. The maximum atomic E-state index is 11.8. The van der Waals surface area contributed by atoms with Crippen LogP contribution in [0.2, 0.25) is 0 Å². The van der Waals surface area contributed by atoms with Gasteiger partial charge < -0.3 is 10.6 Å². The van der Waals surface area contributed by atoms with Gasteiger partial charge >= 0.3 is 0 Å². The summed E-state index contributed by atoms with van der Waals surface area (Å²) < 4.78 is 0. The lowest BCUT2D eigenvalue weighted by Crippen LogP contribution is -2.24. The van der Waals surface area contributed by atoms with Crippen molar-refractivity contribution >= 4 is 28.8 Å². The van der Waals surface area contributed by atoms with E-state index in [0.717, 1.165) is 11.3 Å². The third-order valence-corrected chi connectivity index (χ3v) is 3.78. The second-order valence-corrected chi connectivity index (χ2v) is 5.70. The topological polar surface area (TPSA) is 58.2 Å². The number of thiophene rings is 1. The number of hydrogen-bond acceptors (Lipinski definition) is 3. The van der Waals surface area contributed by atoms with Crippen LogP contribution in [0.5, 0.6) is 0 Å². The molecule has 0 fully saturated rings. The molecule has 0 bridgehead atoms. The minimum Gasteiger partial charge on any atom is -0.351 e. The lowest BCUT2D eigenvalue weighted by Gasteiger charge is -2.06. The van der Waals surface area contributed by atoms with E-state index in [4.69, 9.17) is 0 Å². The van der Waals surface area contributed by atoms with E-state index in [2.05, 4.69) is 10.6 Å². The summed E-state index contributed by atoms with van der Waals surface area (Å²) in [4.78, 5) is 24.1. The van der Waals surface area contributed by atoms with Crippen molar-refractivity contribution in [3.8, 4) is 0 Å². The summed E-state index contributed by atoms with van der Waals surface area (Å²) >= 11 is 1.41. The van der Waals surface area contributed by atoms with E-state index in [1.54, 1.807) is 6.07 Å². The number of aryl methyl sites for hydroxylation is 1. The normalized spacial score (nSPS) is 10.1. The Hall–Kier alpha value is -2.14. The van der Waals surface area contributed by atoms with Gasteiger partial charge in [-0.1, -0.05) is 18.2 Å². The average Bonchev–Trinajstić information content (AvgIpc) is 2.97. The van der Waals surface area contributed by atoms with Gasteiger partial charge in [-0.15, -0.1) is 11.3 Å². The Balaban J connectivity index is 1.67. The fraction of sp³-hybridized carbons (Fsp3) is 0.250. The van der Waals surface area contributed by atoms with E-state index in [-0.39, 0.29) is 11.8 Å². The Morgan fingerprint density at radius 2 is 2.05 bits per heavy atom. The zero-order chi connectivity index (χ0) is 15.1. The third kappa shape index (κ3) is 5.04. The van der Waals surface area contributed by atoms with Crippen molar-refractivity contribution < 1.29 is 9.59 Å². The van der Waals surface area contributed by atoms with Gasteiger partial charge in [0.2, 0.25) is 5.91 Å². The number of hydrogen-bond donors (Lipinski definition) is 2. The van der Waals surface area contributed by atoms with E-state index in [1.165, 1.54) is 11.3 Å². The molecule has 1 heterocycles. The first kappa shape index (κ1) is 15.3. The van der Waals surface area contributed by atoms with Crippen LogP contribution in [0.4, 0.5) is 5.69 Å². The summed E-state index contributed by atoms with van der Waals surface area (Å²) in [7, 11) is 0. The lowest BCUT2D eigenvalue weighted by molar-refractivity contribution is -0.116. The van der Waals surface area contributed by atoms with Gasteiger partial charge in [0, 0.05) is 18.7 Å². The standard InChI is InChI=1S/C16H18N2O2S/c1-12-5-2-6-13(11-12)18-15(19)8-3-9-17-16(20)14-7-4-10-21-14/h2,4-7,10-11H,3,8-9H2,1H3,(H,17,20)(H,18,19). The van der Waals surface area contributed by atoms with Gasteiger partial charge in [-0.3, -0.25) is 9.59 Å². The fourth-order valence-electron chi connectivity index (χ4n) is 1.89. The fourth-order valence-corrected chi connectivity index (χ4v) is 2.53. The van der Waals surface area contributed by atoms with Crippen LogP contribution in [-0.4, -0.2) is 18.4 Å². The van der Waals surface area contributed by atoms with E-state index in [9.17, 15) is 9.59 Å². The number of nitrogens with one attached hydrogen (secondary N) is 2. The summed E-state index contributed by atoms with van der Waals surface area (Å²) in [6.07, 6.45) is 1.01. The number of anilines is 1. The van der Waals surface area contributed by atoms with E-state index in [1.807, 2.05) is 42.6 Å². The van der Waals surface area contributed by atoms with Gasteiger partial charge in [0.15, 0.2) is 0 Å². The van der Waals surface area contributed by atoms with Gasteiger partial charge in [0.25, 0.3) is 5.91 Å². The van der Waals surface area contributed by atoms with Crippen molar-refractivity contribution in [3.05, 3.63) is 52.2 Å². The minimum atomic E-state index is -0.0795. The third-order valence-electron chi connectivity index (χ3n) is 2.91. The monoisotopic (exact) mass is 302 g/mol. The van der Waals surface area contributed by atoms with Gasteiger partial charge in [0.05, 0.1) is 4.88 Å². The first-order valence-corrected chi connectivity index (χ1v) is 7.71. The second-order valence-electron chi connectivity index (χ2n) is 4.75. The molecule has 1 aromatic heterocycles. The Morgan fingerprint density at radius 3 is 2.76 bits per heavy atom. The van der Waals surface area contributed by atoms with Crippen LogP contribution in [0.1, 0.15) is 28.1 Å². The molecular weight excluding hydrogens is 284 g/mol. The van der Waals surface area contributed by atoms with Crippen molar-refractivity contribution in [2.24, 2.45) is 0 Å². The highest BCUT2D eigenvalue weighted by atomic mass is 32.1. The maximum absolute atomic E-state index is 11.8. The molecule has 0 atom stereocenters. The molecular formula is C16H18N2O2S. The van der Waals surface area contributed by atoms with Gasteiger partial charge in [0.1, 0.15) is 0 Å². The quantitative estimate of drug-likeness (QED) is 0.805. The molecule has 2 N–H and O–H groups in total. The Kier molecular flexibility index (Phi) is 5.51. The molecule has 0 saturated carbocycles. The van der Waals surface area contributed by atoms with Crippen molar-refractivity contribution in [2.45, 2.75) is 19.8 Å². The minimum absolute atomic E-state index is 0.0361. The molecule has 2 amide bonds. The highest BCUT2D eigenvalue weighted by molar-refractivity contribution is 7.12. The number of amides is 2. The van der Waals surface area contributed by atoms with Crippen LogP contribution >= 0.6 is 11.3 Å². The molecule has 4 nitrogen and oxygen atoms in total. The van der Waals surface area contributed by atoms with Crippen molar-refractivity contribution in [3.63, 3.8) is 0 Å². The van der Waals surface area contributed by atoms with Crippen molar-refractivity contribution in [1.82, 2.24) is 5.32 Å². The Morgan fingerprint density at radius 1 is 1.19 bits per heavy atom. The average molecular weight is 302 g/mol. The molecule has 21 heavy (non-hydrogen) atoms. The van der Waals surface area contributed by atoms with Crippen LogP contribution < -0.4 is 10.6 Å². The highest BCUT2D eigenvalue weighted by Gasteiger charge is 2.06. The Labute approximate surface area is 128 Å². The zero-order valence-electron chi connectivity index (χ0n) is 11.9. The van der Waals surface area contributed by atoms with Crippen LogP contribution in [0.15, 0.2) is 41.8 Å².